The number of rotatable bonds is 8. The molecule has 0 bridgehead atoms. The number of hydrogen-bond donors (Lipinski definition) is 4. The van der Waals surface area contributed by atoms with E-state index in [0.29, 0.717) is 11.3 Å². The number of anilines is 1. The first kappa shape index (κ1) is 27.1. The highest BCUT2D eigenvalue weighted by molar-refractivity contribution is 5.73. The van der Waals surface area contributed by atoms with Crippen molar-refractivity contribution in [1.82, 2.24) is 10.6 Å². The highest BCUT2D eigenvalue weighted by Crippen LogP contribution is 2.39. The third-order valence-electron chi connectivity index (χ3n) is 6.96. The van der Waals surface area contributed by atoms with Gasteiger partial charge in [0.05, 0.1) is 12.1 Å². The molecule has 3 rings (SSSR count). The predicted octanol–water partition coefficient (Wildman–Crippen LogP) is 4.70. The summed E-state index contributed by atoms with van der Waals surface area (Å²) in [6.07, 6.45) is 4.23. The van der Waals surface area contributed by atoms with Crippen molar-refractivity contribution in [2.75, 3.05) is 12.3 Å². The number of halogens is 2. The summed E-state index contributed by atoms with van der Waals surface area (Å²) >= 11 is 0. The minimum absolute atomic E-state index is 0.0593. The van der Waals surface area contributed by atoms with Crippen molar-refractivity contribution in [3.63, 3.8) is 0 Å². The fourth-order valence-corrected chi connectivity index (χ4v) is 5.05. The fourth-order valence-electron chi connectivity index (χ4n) is 5.05. The summed E-state index contributed by atoms with van der Waals surface area (Å²) < 4.78 is 27.4. The quantitative estimate of drug-likeness (QED) is 0.407. The Balaban J connectivity index is 1.84. The van der Waals surface area contributed by atoms with Crippen LogP contribution in [-0.4, -0.2) is 29.7 Å². The topological polar surface area (TPSA) is 87.4 Å². The van der Waals surface area contributed by atoms with E-state index in [9.17, 15) is 18.7 Å². The minimum Gasteiger partial charge on any atom is -0.399 e. The maximum absolute atomic E-state index is 13.7. The summed E-state index contributed by atoms with van der Waals surface area (Å²) in [6, 6.07) is 8.79. The molecular formula is C28H39F2N3O2. The summed E-state index contributed by atoms with van der Waals surface area (Å²) in [6.45, 7) is 8.04. The van der Waals surface area contributed by atoms with Gasteiger partial charge < -0.3 is 21.5 Å². The second kappa shape index (κ2) is 11.0. The molecule has 1 amide bonds. The van der Waals surface area contributed by atoms with Crippen molar-refractivity contribution in [1.29, 1.82) is 0 Å². The van der Waals surface area contributed by atoms with Gasteiger partial charge >= 0.3 is 0 Å². The van der Waals surface area contributed by atoms with Crippen molar-refractivity contribution >= 4 is 11.6 Å². The maximum atomic E-state index is 13.7. The van der Waals surface area contributed by atoms with Crippen molar-refractivity contribution in [3.05, 3.63) is 64.7 Å². The lowest BCUT2D eigenvalue weighted by Gasteiger charge is -2.41. The highest BCUT2D eigenvalue weighted by atomic mass is 19.1. The number of nitrogens with two attached hydrogens (primary N) is 1. The Morgan fingerprint density at radius 2 is 1.69 bits per heavy atom. The molecule has 35 heavy (non-hydrogen) atoms. The monoisotopic (exact) mass is 487 g/mol. The maximum Gasteiger partial charge on any atom is 0.217 e. The van der Waals surface area contributed by atoms with E-state index in [1.807, 2.05) is 12.1 Å². The summed E-state index contributed by atoms with van der Waals surface area (Å²) in [5.74, 6) is -1.69. The molecule has 1 aliphatic rings. The number of aliphatic hydroxyl groups is 1. The van der Waals surface area contributed by atoms with E-state index in [1.165, 1.54) is 19.1 Å². The number of carbonyl (C=O) groups excluding carboxylic acids is 1. The standard InChI is InChI=1S/C28H39F2N3O2/c1-18(34)33-25(12-19-10-22(29)16-23(30)11-19)26(35)17-32-28(8-6-5-7-9-28)21-13-20(27(2,3)4)14-24(31)15-21/h10-11,13-16,25-26,32,35H,5-9,12,17,31H2,1-4H3,(H,33,34)/t25-,26+/m0/s1. The zero-order chi connectivity index (χ0) is 25.8. The van der Waals surface area contributed by atoms with Crippen molar-refractivity contribution in [2.45, 2.75) is 89.3 Å². The molecular weight excluding hydrogens is 448 g/mol. The largest absolute Gasteiger partial charge is 0.399 e. The van der Waals surface area contributed by atoms with Gasteiger partial charge in [-0.1, -0.05) is 46.1 Å². The van der Waals surface area contributed by atoms with Gasteiger partial charge in [0, 0.05) is 30.8 Å². The summed E-state index contributed by atoms with van der Waals surface area (Å²) in [5.41, 5.74) is 9.25. The molecule has 192 valence electrons. The average Bonchev–Trinajstić information content (AvgIpc) is 2.75. The molecule has 0 heterocycles. The number of hydrogen-bond acceptors (Lipinski definition) is 4. The fraction of sp³-hybridized carbons (Fsp3) is 0.536. The smallest absolute Gasteiger partial charge is 0.217 e. The Hall–Kier alpha value is -2.51. The van der Waals surface area contributed by atoms with Gasteiger partial charge in [-0.15, -0.1) is 0 Å². The van der Waals surface area contributed by atoms with E-state index in [4.69, 9.17) is 5.73 Å². The molecule has 7 heteroatoms. The summed E-state index contributed by atoms with van der Waals surface area (Å²) in [7, 11) is 0. The van der Waals surface area contributed by atoms with Crippen LogP contribution in [-0.2, 0) is 22.2 Å². The SMILES string of the molecule is CC(=O)N[C@@H](Cc1cc(F)cc(F)c1)[C@H](O)CNC1(c2cc(N)cc(C(C)(C)C)c2)CCCCC1. The van der Waals surface area contributed by atoms with E-state index in [-0.39, 0.29) is 29.8 Å². The Kier molecular flexibility index (Phi) is 8.54. The molecule has 5 nitrogen and oxygen atoms in total. The predicted molar refractivity (Wildman–Crippen MR) is 136 cm³/mol. The minimum atomic E-state index is -0.966. The second-order valence-corrected chi connectivity index (χ2v) is 11.0. The van der Waals surface area contributed by atoms with E-state index in [0.717, 1.165) is 49.3 Å². The van der Waals surface area contributed by atoms with Crippen LogP contribution in [0.15, 0.2) is 36.4 Å². The lowest BCUT2D eigenvalue weighted by molar-refractivity contribution is -0.120. The van der Waals surface area contributed by atoms with Gasteiger partial charge in [0.1, 0.15) is 11.6 Å². The van der Waals surface area contributed by atoms with Gasteiger partial charge in [-0.3, -0.25) is 4.79 Å². The molecule has 1 aliphatic carbocycles. The van der Waals surface area contributed by atoms with E-state index >= 15 is 0 Å². The first-order valence-corrected chi connectivity index (χ1v) is 12.4. The van der Waals surface area contributed by atoms with E-state index in [2.05, 4.69) is 37.5 Å². The van der Waals surface area contributed by atoms with Crippen LogP contribution in [0, 0.1) is 11.6 Å². The van der Waals surface area contributed by atoms with Crippen LogP contribution in [0.3, 0.4) is 0 Å². The van der Waals surface area contributed by atoms with Crippen LogP contribution < -0.4 is 16.4 Å². The van der Waals surface area contributed by atoms with Gasteiger partial charge in [0.2, 0.25) is 5.91 Å². The molecule has 1 saturated carbocycles. The Morgan fingerprint density at radius 1 is 1.06 bits per heavy atom. The number of carbonyl (C=O) groups is 1. The summed E-state index contributed by atoms with van der Waals surface area (Å²) in [5, 5.41) is 17.5. The molecule has 0 spiro atoms. The zero-order valence-electron chi connectivity index (χ0n) is 21.3. The van der Waals surface area contributed by atoms with Gasteiger partial charge in [-0.05, 0) is 65.6 Å². The zero-order valence-corrected chi connectivity index (χ0v) is 21.3. The molecule has 0 aliphatic heterocycles. The van der Waals surface area contributed by atoms with Gasteiger partial charge in [-0.25, -0.2) is 8.78 Å². The third-order valence-corrected chi connectivity index (χ3v) is 6.96. The Labute approximate surface area is 207 Å². The number of aliphatic hydroxyl groups excluding tert-OH is 1. The molecule has 5 N–H and O–H groups in total. The lowest BCUT2D eigenvalue weighted by Crippen LogP contribution is -2.53. The molecule has 0 radical (unpaired) electrons. The lowest BCUT2D eigenvalue weighted by atomic mass is 9.74. The van der Waals surface area contributed by atoms with Crippen LogP contribution in [0.1, 0.15) is 76.5 Å². The molecule has 2 aromatic rings. The first-order chi connectivity index (χ1) is 16.4. The van der Waals surface area contributed by atoms with Gasteiger partial charge in [-0.2, -0.15) is 0 Å². The van der Waals surface area contributed by atoms with Gasteiger partial charge in [0.25, 0.3) is 0 Å². The van der Waals surface area contributed by atoms with Crippen molar-refractivity contribution in [2.24, 2.45) is 0 Å². The number of nitrogens with one attached hydrogen (secondary N) is 2. The van der Waals surface area contributed by atoms with Crippen LogP contribution in [0.2, 0.25) is 0 Å². The number of amides is 1. The van der Waals surface area contributed by atoms with Crippen molar-refractivity contribution in [3.8, 4) is 0 Å². The number of benzene rings is 2. The van der Waals surface area contributed by atoms with Gasteiger partial charge in [0.15, 0.2) is 0 Å². The first-order valence-electron chi connectivity index (χ1n) is 12.4. The molecule has 1 fully saturated rings. The van der Waals surface area contributed by atoms with Crippen LogP contribution in [0.25, 0.3) is 0 Å². The Morgan fingerprint density at radius 3 is 2.26 bits per heavy atom. The van der Waals surface area contributed by atoms with Crippen molar-refractivity contribution < 1.29 is 18.7 Å². The van der Waals surface area contributed by atoms with Crippen LogP contribution in [0.4, 0.5) is 14.5 Å². The number of nitrogen functional groups attached to an aromatic ring is 1. The van der Waals surface area contributed by atoms with E-state index in [1.54, 1.807) is 0 Å². The molecule has 0 unspecified atom stereocenters. The second-order valence-electron chi connectivity index (χ2n) is 11.0. The molecule has 2 aromatic carbocycles. The van der Waals surface area contributed by atoms with Crippen LogP contribution >= 0.6 is 0 Å². The average molecular weight is 488 g/mol. The Bertz CT molecular complexity index is 1010. The normalized spacial score (nSPS) is 17.6. The molecule has 0 aromatic heterocycles. The van der Waals surface area contributed by atoms with E-state index < -0.39 is 23.8 Å². The highest BCUT2D eigenvalue weighted by Gasteiger charge is 2.36. The third kappa shape index (κ3) is 7.24. The molecule has 0 saturated heterocycles. The molecule has 2 atom stereocenters. The van der Waals surface area contributed by atoms with Crippen LogP contribution in [0.5, 0.6) is 0 Å². The summed E-state index contributed by atoms with van der Waals surface area (Å²) in [4.78, 5) is 11.8.